The third-order valence-corrected chi connectivity index (χ3v) is 4.54. The van der Waals surface area contributed by atoms with Gasteiger partial charge >= 0.3 is 0 Å². The molecule has 0 radical (unpaired) electrons. The van der Waals surface area contributed by atoms with Crippen LogP contribution in [0, 0.1) is 0 Å². The van der Waals surface area contributed by atoms with Crippen molar-refractivity contribution in [1.82, 2.24) is 5.32 Å². The Labute approximate surface area is 120 Å². The molecule has 1 N–H and O–H groups in total. The Morgan fingerprint density at radius 1 is 1.20 bits per heavy atom. The van der Waals surface area contributed by atoms with E-state index in [1.165, 1.54) is 25.6 Å². The van der Waals surface area contributed by atoms with Crippen molar-refractivity contribution in [3.05, 3.63) is 24.3 Å². The van der Waals surface area contributed by atoms with Crippen molar-refractivity contribution < 1.29 is 8.42 Å². The highest BCUT2D eigenvalue weighted by Crippen LogP contribution is 2.28. The summed E-state index contributed by atoms with van der Waals surface area (Å²) in [5, 5.41) is 3.37. The first kappa shape index (κ1) is 15.0. The molecule has 6 heteroatoms. The van der Waals surface area contributed by atoms with Gasteiger partial charge in [0.25, 0.3) is 10.0 Å². The Morgan fingerprint density at radius 3 is 2.80 bits per heavy atom. The van der Waals surface area contributed by atoms with Crippen LogP contribution in [0.4, 0.5) is 5.69 Å². The van der Waals surface area contributed by atoms with Gasteiger partial charge in [-0.3, -0.25) is 0 Å². The average Bonchev–Trinajstić information content (AvgIpc) is 2.45. The molecule has 2 rings (SSSR count). The average molecular weight is 295 g/mol. The van der Waals surface area contributed by atoms with Crippen molar-refractivity contribution in [2.75, 3.05) is 24.5 Å². The zero-order chi connectivity index (χ0) is 14.4. The molecule has 0 aliphatic carbocycles. The van der Waals surface area contributed by atoms with Gasteiger partial charge in [-0.05, 0) is 25.1 Å². The first-order valence-electron chi connectivity index (χ1n) is 7.02. The molecule has 1 aliphatic rings. The van der Waals surface area contributed by atoms with Gasteiger partial charge in [-0.15, -0.1) is 4.40 Å². The molecule has 20 heavy (non-hydrogen) atoms. The van der Waals surface area contributed by atoms with Crippen molar-refractivity contribution in [2.45, 2.75) is 31.1 Å². The Balaban J connectivity index is 1.94. The van der Waals surface area contributed by atoms with Crippen LogP contribution in [0.5, 0.6) is 0 Å². The second kappa shape index (κ2) is 6.85. The van der Waals surface area contributed by atoms with Gasteiger partial charge < -0.3 is 10.2 Å². The maximum absolute atomic E-state index is 11.8. The minimum atomic E-state index is -3.51. The zero-order valence-electron chi connectivity index (χ0n) is 11.7. The molecule has 0 aromatic heterocycles. The van der Waals surface area contributed by atoms with Gasteiger partial charge in [0, 0.05) is 13.1 Å². The predicted octanol–water partition coefficient (Wildman–Crippen LogP) is 2.00. The van der Waals surface area contributed by atoms with E-state index in [1.807, 2.05) is 17.0 Å². The highest BCUT2D eigenvalue weighted by molar-refractivity contribution is 7.90. The van der Waals surface area contributed by atoms with Gasteiger partial charge in [-0.2, -0.15) is 8.42 Å². The van der Waals surface area contributed by atoms with Gasteiger partial charge in [0.2, 0.25) is 0 Å². The lowest BCUT2D eigenvalue weighted by Crippen LogP contribution is -2.34. The molecule has 110 valence electrons. The number of hydrogen-bond acceptors (Lipinski definition) is 4. The van der Waals surface area contributed by atoms with Gasteiger partial charge in [0.15, 0.2) is 0 Å². The molecule has 0 saturated carbocycles. The number of sulfonamides is 1. The SMILES string of the molecule is CCCCCNCCN1C=NS(=O)(=O)c2ccccc21. The molecule has 0 saturated heterocycles. The summed E-state index contributed by atoms with van der Waals surface area (Å²) >= 11 is 0. The molecule has 0 fully saturated rings. The van der Waals surface area contributed by atoms with Crippen LogP contribution in [0.15, 0.2) is 33.6 Å². The van der Waals surface area contributed by atoms with E-state index in [-0.39, 0.29) is 4.90 Å². The van der Waals surface area contributed by atoms with Gasteiger partial charge in [-0.1, -0.05) is 31.9 Å². The number of fused-ring (bicyclic) bond motifs is 1. The number of benzene rings is 1. The Hall–Kier alpha value is -1.40. The lowest BCUT2D eigenvalue weighted by molar-refractivity contribution is 0.596. The molecule has 1 heterocycles. The zero-order valence-corrected chi connectivity index (χ0v) is 12.6. The number of anilines is 1. The van der Waals surface area contributed by atoms with Gasteiger partial charge in [-0.25, -0.2) is 0 Å². The normalized spacial score (nSPS) is 16.1. The Morgan fingerprint density at radius 2 is 2.00 bits per heavy atom. The first-order chi connectivity index (χ1) is 9.65. The largest absolute Gasteiger partial charge is 0.329 e. The minimum absolute atomic E-state index is 0.286. The maximum atomic E-state index is 11.8. The third-order valence-electron chi connectivity index (χ3n) is 3.26. The molecule has 1 aliphatic heterocycles. The van der Waals surface area contributed by atoms with Crippen LogP contribution in [0.3, 0.4) is 0 Å². The van der Waals surface area contributed by atoms with Crippen molar-refractivity contribution >= 4 is 22.0 Å². The van der Waals surface area contributed by atoms with E-state index in [4.69, 9.17) is 0 Å². The maximum Gasteiger partial charge on any atom is 0.285 e. The van der Waals surface area contributed by atoms with Crippen molar-refractivity contribution in [3.8, 4) is 0 Å². The number of nitrogens with zero attached hydrogens (tertiary/aromatic N) is 2. The summed E-state index contributed by atoms with van der Waals surface area (Å²) in [5.41, 5.74) is 0.706. The Bertz CT molecular complexity index is 570. The second-order valence-electron chi connectivity index (χ2n) is 4.81. The van der Waals surface area contributed by atoms with Crippen molar-refractivity contribution in [1.29, 1.82) is 0 Å². The first-order valence-corrected chi connectivity index (χ1v) is 8.46. The number of hydrogen-bond donors (Lipinski definition) is 1. The highest BCUT2D eigenvalue weighted by Gasteiger charge is 2.24. The lowest BCUT2D eigenvalue weighted by Gasteiger charge is -2.25. The fraction of sp³-hybridized carbons (Fsp3) is 0.500. The second-order valence-corrected chi connectivity index (χ2v) is 6.41. The number of para-hydroxylation sites is 1. The Kier molecular flexibility index (Phi) is 5.14. The summed E-state index contributed by atoms with van der Waals surface area (Å²) in [7, 11) is -3.51. The standard InChI is InChI=1S/C14H21N3O2S/c1-2-3-6-9-15-10-11-17-12-16-20(18,19)14-8-5-4-7-13(14)17/h4-5,7-8,12,15H,2-3,6,9-11H2,1H3. The third kappa shape index (κ3) is 3.58. The van der Waals surface area contributed by atoms with E-state index in [0.717, 1.165) is 13.1 Å². The van der Waals surface area contributed by atoms with Gasteiger partial charge in [0.1, 0.15) is 11.2 Å². The van der Waals surface area contributed by atoms with Crippen LogP contribution in [0.2, 0.25) is 0 Å². The van der Waals surface area contributed by atoms with E-state index in [9.17, 15) is 8.42 Å². The summed E-state index contributed by atoms with van der Waals surface area (Å²) < 4.78 is 27.3. The molecular formula is C14H21N3O2S. The fourth-order valence-corrected chi connectivity index (χ4v) is 3.20. The number of rotatable bonds is 7. The summed E-state index contributed by atoms with van der Waals surface area (Å²) in [6.45, 7) is 4.70. The lowest BCUT2D eigenvalue weighted by atomic mass is 10.2. The van der Waals surface area contributed by atoms with Crippen molar-refractivity contribution in [2.24, 2.45) is 4.40 Å². The van der Waals surface area contributed by atoms with E-state index in [2.05, 4.69) is 16.6 Å². The topological polar surface area (TPSA) is 61.8 Å². The quantitative estimate of drug-likeness (QED) is 0.782. The molecule has 1 aromatic rings. The molecular weight excluding hydrogens is 274 g/mol. The highest BCUT2D eigenvalue weighted by atomic mass is 32.2. The van der Waals surface area contributed by atoms with Crippen LogP contribution in [0.25, 0.3) is 0 Å². The molecule has 0 spiro atoms. The summed E-state index contributed by atoms with van der Waals surface area (Å²) in [6, 6.07) is 6.98. The van der Waals surface area contributed by atoms with Crippen LogP contribution < -0.4 is 10.2 Å². The molecule has 0 amide bonds. The molecule has 0 bridgehead atoms. The monoisotopic (exact) mass is 295 g/mol. The van der Waals surface area contributed by atoms with Crippen LogP contribution >= 0.6 is 0 Å². The van der Waals surface area contributed by atoms with E-state index < -0.39 is 10.0 Å². The molecule has 1 aromatic carbocycles. The summed E-state index contributed by atoms with van der Waals surface area (Å²) in [4.78, 5) is 2.16. The van der Waals surface area contributed by atoms with Gasteiger partial charge in [0.05, 0.1) is 5.69 Å². The van der Waals surface area contributed by atoms with Crippen LogP contribution in [-0.4, -0.2) is 34.4 Å². The molecule has 0 unspecified atom stereocenters. The predicted molar refractivity (Wildman–Crippen MR) is 81.9 cm³/mol. The van der Waals surface area contributed by atoms with E-state index in [1.54, 1.807) is 12.1 Å². The van der Waals surface area contributed by atoms with Crippen LogP contribution in [-0.2, 0) is 10.0 Å². The summed E-state index contributed by atoms with van der Waals surface area (Å²) in [5.74, 6) is 0. The van der Waals surface area contributed by atoms with E-state index >= 15 is 0 Å². The molecule has 5 nitrogen and oxygen atoms in total. The van der Waals surface area contributed by atoms with Crippen LogP contribution in [0.1, 0.15) is 26.2 Å². The fourth-order valence-electron chi connectivity index (χ4n) is 2.15. The van der Waals surface area contributed by atoms with Crippen molar-refractivity contribution in [3.63, 3.8) is 0 Å². The molecule has 0 atom stereocenters. The summed E-state index contributed by atoms with van der Waals surface area (Å²) in [6.07, 6.45) is 5.03. The number of nitrogens with one attached hydrogen (secondary N) is 1. The van der Waals surface area contributed by atoms with E-state index in [0.29, 0.717) is 12.2 Å². The minimum Gasteiger partial charge on any atom is -0.329 e. The smallest absolute Gasteiger partial charge is 0.285 e. The number of unbranched alkanes of at least 4 members (excludes halogenated alkanes) is 2.